The highest BCUT2D eigenvalue weighted by molar-refractivity contribution is 5.89. The molecular weight excluding hydrogens is 308 g/mol. The predicted molar refractivity (Wildman–Crippen MR) is 85.0 cm³/mol. The summed E-state index contributed by atoms with van der Waals surface area (Å²) in [6, 6.07) is 0. The molecule has 130 valence electrons. The molecule has 3 heterocycles. The molecular formula is C17H24N4O3. The van der Waals surface area contributed by atoms with Crippen molar-refractivity contribution in [3.8, 4) is 0 Å². The van der Waals surface area contributed by atoms with Crippen molar-refractivity contribution in [2.24, 2.45) is 11.8 Å². The second kappa shape index (κ2) is 6.18. The highest BCUT2D eigenvalue weighted by atomic mass is 16.5. The molecule has 24 heavy (non-hydrogen) atoms. The number of rotatable bonds is 4. The van der Waals surface area contributed by atoms with Crippen LogP contribution in [0.4, 0.5) is 0 Å². The Morgan fingerprint density at radius 1 is 1.29 bits per heavy atom. The summed E-state index contributed by atoms with van der Waals surface area (Å²) in [6.45, 7) is 4.61. The highest BCUT2D eigenvalue weighted by Gasteiger charge is 2.40. The Morgan fingerprint density at radius 2 is 2.12 bits per heavy atom. The Hall–Kier alpha value is -1.92. The molecule has 1 aromatic heterocycles. The summed E-state index contributed by atoms with van der Waals surface area (Å²) in [4.78, 5) is 33.1. The first-order valence-electron chi connectivity index (χ1n) is 8.97. The lowest BCUT2D eigenvalue weighted by Crippen LogP contribution is -2.43. The minimum atomic E-state index is -0.181. The number of aryl methyl sites for hydroxylation is 1. The Morgan fingerprint density at radius 3 is 2.83 bits per heavy atom. The first-order valence-corrected chi connectivity index (χ1v) is 8.97. The summed E-state index contributed by atoms with van der Waals surface area (Å²) in [5.74, 6) is 2.11. The largest absolute Gasteiger partial charge is 0.342 e. The summed E-state index contributed by atoms with van der Waals surface area (Å²) >= 11 is 0. The van der Waals surface area contributed by atoms with Crippen molar-refractivity contribution < 1.29 is 14.1 Å². The fraction of sp³-hybridized carbons (Fsp3) is 0.765. The van der Waals surface area contributed by atoms with E-state index < -0.39 is 0 Å². The van der Waals surface area contributed by atoms with Gasteiger partial charge in [0.25, 0.3) is 0 Å². The number of hydrogen-bond acceptors (Lipinski definition) is 5. The molecule has 0 radical (unpaired) electrons. The lowest BCUT2D eigenvalue weighted by Gasteiger charge is -2.32. The number of carbonyl (C=O) groups is 2. The smallest absolute Gasteiger partial charge is 0.231 e. The van der Waals surface area contributed by atoms with Crippen LogP contribution in [0.1, 0.15) is 49.7 Å². The minimum absolute atomic E-state index is 0.114. The summed E-state index contributed by atoms with van der Waals surface area (Å²) in [7, 11) is 0. The van der Waals surface area contributed by atoms with Gasteiger partial charge in [-0.3, -0.25) is 9.59 Å². The standard InChI is InChI=1S/C17H24N4O3/c1-11-18-16(24-19-11)13-3-2-6-20(9-13)17(23)14-7-15(22)21(10-14)8-12-4-5-12/h12-14H,2-10H2,1H3. The molecule has 7 nitrogen and oxygen atoms in total. The first-order chi connectivity index (χ1) is 11.6. The number of amides is 2. The van der Waals surface area contributed by atoms with Gasteiger partial charge in [-0.2, -0.15) is 4.98 Å². The molecule has 3 aliphatic rings. The van der Waals surface area contributed by atoms with Crippen LogP contribution in [0.15, 0.2) is 4.52 Å². The Bertz CT molecular complexity index is 640. The van der Waals surface area contributed by atoms with Crippen LogP contribution in [0.5, 0.6) is 0 Å². The van der Waals surface area contributed by atoms with Gasteiger partial charge in [0.15, 0.2) is 5.82 Å². The third kappa shape index (κ3) is 3.16. The summed E-state index contributed by atoms with van der Waals surface area (Å²) in [5, 5.41) is 3.85. The Labute approximate surface area is 141 Å². The number of nitrogens with zero attached hydrogens (tertiary/aromatic N) is 4. The molecule has 1 aliphatic carbocycles. The second-order valence-corrected chi connectivity index (χ2v) is 7.45. The molecule has 2 aliphatic heterocycles. The zero-order valence-corrected chi connectivity index (χ0v) is 14.1. The normalized spacial score (nSPS) is 27.8. The van der Waals surface area contributed by atoms with E-state index in [0.717, 1.165) is 25.9 Å². The molecule has 7 heteroatoms. The summed E-state index contributed by atoms with van der Waals surface area (Å²) in [6.07, 6.45) is 4.71. The quantitative estimate of drug-likeness (QED) is 0.831. The third-order valence-electron chi connectivity index (χ3n) is 5.36. The lowest BCUT2D eigenvalue weighted by molar-refractivity contribution is -0.137. The van der Waals surface area contributed by atoms with Gasteiger partial charge in [0.1, 0.15) is 0 Å². The average molecular weight is 332 g/mol. The number of hydrogen-bond donors (Lipinski definition) is 0. The molecule has 2 unspecified atom stereocenters. The van der Waals surface area contributed by atoms with Gasteiger partial charge >= 0.3 is 0 Å². The Kier molecular flexibility index (Phi) is 4.02. The van der Waals surface area contributed by atoms with Gasteiger partial charge in [-0.1, -0.05) is 5.16 Å². The fourth-order valence-corrected chi connectivity index (χ4v) is 3.84. The van der Waals surface area contributed by atoms with Crippen LogP contribution in [0.25, 0.3) is 0 Å². The highest BCUT2D eigenvalue weighted by Crippen LogP contribution is 2.33. The summed E-state index contributed by atoms with van der Waals surface area (Å²) < 4.78 is 5.28. The molecule has 2 saturated heterocycles. The predicted octanol–water partition coefficient (Wildman–Crippen LogP) is 1.34. The van der Waals surface area contributed by atoms with Crippen molar-refractivity contribution in [2.75, 3.05) is 26.2 Å². The fourth-order valence-electron chi connectivity index (χ4n) is 3.84. The molecule has 1 saturated carbocycles. The van der Waals surface area contributed by atoms with Gasteiger partial charge in [0.2, 0.25) is 17.7 Å². The number of likely N-dealkylation sites (tertiary alicyclic amines) is 2. The molecule has 4 rings (SSSR count). The third-order valence-corrected chi connectivity index (χ3v) is 5.36. The van der Waals surface area contributed by atoms with E-state index in [1.807, 2.05) is 9.80 Å². The number of aromatic nitrogens is 2. The summed E-state index contributed by atoms with van der Waals surface area (Å²) in [5.41, 5.74) is 0. The van der Waals surface area contributed by atoms with Crippen molar-refractivity contribution in [3.63, 3.8) is 0 Å². The molecule has 2 atom stereocenters. The van der Waals surface area contributed by atoms with Crippen molar-refractivity contribution in [1.82, 2.24) is 19.9 Å². The molecule has 0 aromatic carbocycles. The Balaban J connectivity index is 1.38. The van der Waals surface area contributed by atoms with Crippen molar-refractivity contribution >= 4 is 11.8 Å². The van der Waals surface area contributed by atoms with Crippen molar-refractivity contribution in [2.45, 2.75) is 44.9 Å². The van der Waals surface area contributed by atoms with Crippen molar-refractivity contribution in [1.29, 1.82) is 0 Å². The zero-order chi connectivity index (χ0) is 16.7. The maximum Gasteiger partial charge on any atom is 0.231 e. The van der Waals surface area contributed by atoms with E-state index in [1.165, 1.54) is 12.8 Å². The van der Waals surface area contributed by atoms with Gasteiger partial charge in [-0.05, 0) is 38.5 Å². The van der Waals surface area contributed by atoms with Gasteiger partial charge in [0.05, 0.1) is 11.8 Å². The van der Waals surface area contributed by atoms with Gasteiger partial charge in [-0.25, -0.2) is 0 Å². The topological polar surface area (TPSA) is 79.5 Å². The van der Waals surface area contributed by atoms with E-state index in [0.29, 0.717) is 37.1 Å². The van der Waals surface area contributed by atoms with Crippen LogP contribution in [-0.2, 0) is 9.59 Å². The number of piperidine rings is 1. The van der Waals surface area contributed by atoms with E-state index >= 15 is 0 Å². The van der Waals surface area contributed by atoms with Crippen molar-refractivity contribution in [3.05, 3.63) is 11.7 Å². The van der Waals surface area contributed by atoms with E-state index in [1.54, 1.807) is 6.92 Å². The van der Waals surface area contributed by atoms with Crippen LogP contribution < -0.4 is 0 Å². The van der Waals surface area contributed by atoms with Crippen LogP contribution in [0.2, 0.25) is 0 Å². The van der Waals surface area contributed by atoms with Gasteiger partial charge in [0, 0.05) is 32.6 Å². The average Bonchev–Trinajstić information content (AvgIpc) is 3.18. The first kappa shape index (κ1) is 15.6. The van der Waals surface area contributed by atoms with Crippen LogP contribution in [0.3, 0.4) is 0 Å². The maximum absolute atomic E-state index is 12.9. The van der Waals surface area contributed by atoms with E-state index in [2.05, 4.69) is 10.1 Å². The van der Waals surface area contributed by atoms with Gasteiger partial charge in [-0.15, -0.1) is 0 Å². The molecule has 0 bridgehead atoms. The number of carbonyl (C=O) groups excluding carboxylic acids is 2. The van der Waals surface area contributed by atoms with E-state index in [4.69, 9.17) is 4.52 Å². The van der Waals surface area contributed by atoms with E-state index in [-0.39, 0.29) is 23.7 Å². The second-order valence-electron chi connectivity index (χ2n) is 7.45. The lowest BCUT2D eigenvalue weighted by atomic mass is 9.96. The SMILES string of the molecule is Cc1noc(C2CCCN(C(=O)C3CC(=O)N(CC4CC4)C3)C2)n1. The van der Waals surface area contributed by atoms with E-state index in [9.17, 15) is 9.59 Å². The monoisotopic (exact) mass is 332 g/mol. The molecule has 1 aromatic rings. The van der Waals surface area contributed by atoms with Crippen LogP contribution >= 0.6 is 0 Å². The van der Waals surface area contributed by atoms with Crippen LogP contribution in [-0.4, -0.2) is 57.9 Å². The molecule has 3 fully saturated rings. The molecule has 0 spiro atoms. The zero-order valence-electron chi connectivity index (χ0n) is 14.1. The maximum atomic E-state index is 12.9. The molecule has 0 N–H and O–H groups in total. The van der Waals surface area contributed by atoms with Crippen LogP contribution in [0, 0.1) is 18.8 Å². The minimum Gasteiger partial charge on any atom is -0.342 e. The van der Waals surface area contributed by atoms with Gasteiger partial charge < -0.3 is 14.3 Å². The molecule has 2 amide bonds.